The van der Waals surface area contributed by atoms with E-state index in [1.165, 1.54) is 0 Å². The summed E-state index contributed by atoms with van der Waals surface area (Å²) in [6.45, 7) is 0.971. The van der Waals surface area contributed by atoms with Gasteiger partial charge in [0.15, 0.2) is 0 Å². The summed E-state index contributed by atoms with van der Waals surface area (Å²) in [7, 11) is 0. The summed E-state index contributed by atoms with van der Waals surface area (Å²) in [5.41, 5.74) is 0.494. The van der Waals surface area contributed by atoms with Crippen LogP contribution in [0.5, 0.6) is 0 Å². The Kier molecular flexibility index (Phi) is 5.17. The number of hydrogen-bond acceptors (Lipinski definition) is 4. The van der Waals surface area contributed by atoms with Crippen LogP contribution in [0.4, 0.5) is 0 Å². The molecule has 2 unspecified atom stereocenters. The van der Waals surface area contributed by atoms with Crippen LogP contribution in [0.1, 0.15) is 24.8 Å². The molecular weight excluding hydrogens is 250 g/mol. The van der Waals surface area contributed by atoms with Gasteiger partial charge in [0.1, 0.15) is 11.7 Å². The summed E-state index contributed by atoms with van der Waals surface area (Å²) in [6, 6.07) is 8.26. The highest BCUT2D eigenvalue weighted by Gasteiger charge is 2.37. The van der Waals surface area contributed by atoms with E-state index in [2.05, 4.69) is 0 Å². The molecule has 0 aliphatic heterocycles. The Hall–Kier alpha value is -2.24. The number of benzene rings is 1. The lowest BCUT2D eigenvalue weighted by molar-refractivity contribution is -0.484. The van der Waals surface area contributed by atoms with Crippen LogP contribution in [-0.2, 0) is 9.59 Å². The van der Waals surface area contributed by atoms with Gasteiger partial charge in [-0.3, -0.25) is 19.7 Å². The van der Waals surface area contributed by atoms with E-state index in [0.29, 0.717) is 5.56 Å². The fourth-order valence-corrected chi connectivity index (χ4v) is 2.02. The third-order valence-electron chi connectivity index (χ3n) is 2.94. The molecule has 1 rings (SSSR count). The molecule has 0 saturated carbocycles. The van der Waals surface area contributed by atoms with Crippen molar-refractivity contribution in [3.8, 4) is 0 Å². The first-order valence-electron chi connectivity index (χ1n) is 5.89. The van der Waals surface area contributed by atoms with Crippen molar-refractivity contribution in [3.63, 3.8) is 0 Å². The second kappa shape index (κ2) is 6.63. The summed E-state index contributed by atoms with van der Waals surface area (Å²) >= 11 is 0. The molecule has 0 radical (unpaired) electrons. The predicted molar refractivity (Wildman–Crippen MR) is 67.5 cm³/mol. The highest BCUT2D eigenvalue weighted by molar-refractivity contribution is 5.99. The zero-order chi connectivity index (χ0) is 14.4. The smallest absolute Gasteiger partial charge is 0.314 e. The molecule has 0 amide bonds. The van der Waals surface area contributed by atoms with Crippen molar-refractivity contribution in [1.29, 1.82) is 0 Å². The third kappa shape index (κ3) is 3.87. The van der Waals surface area contributed by atoms with Crippen molar-refractivity contribution in [2.75, 3.05) is 6.54 Å². The molecule has 19 heavy (non-hydrogen) atoms. The Labute approximate surface area is 110 Å². The van der Waals surface area contributed by atoms with Gasteiger partial charge in [0, 0.05) is 11.3 Å². The molecule has 0 saturated heterocycles. The largest absolute Gasteiger partial charge is 0.481 e. The monoisotopic (exact) mass is 265 g/mol. The van der Waals surface area contributed by atoms with E-state index in [9.17, 15) is 24.8 Å². The fraction of sp³-hybridized carbons (Fsp3) is 0.385. The van der Waals surface area contributed by atoms with Crippen molar-refractivity contribution in [1.82, 2.24) is 0 Å². The van der Waals surface area contributed by atoms with Crippen molar-refractivity contribution in [3.05, 3.63) is 46.0 Å². The first kappa shape index (κ1) is 14.8. The summed E-state index contributed by atoms with van der Waals surface area (Å²) in [6.07, 6.45) is 0.0397. The Balaban J connectivity index is 3.17. The van der Waals surface area contributed by atoms with Gasteiger partial charge in [0.05, 0.1) is 5.92 Å². The minimum atomic E-state index is -1.38. The second-order valence-electron chi connectivity index (χ2n) is 4.17. The van der Waals surface area contributed by atoms with Gasteiger partial charge in [-0.05, 0) is 5.56 Å². The van der Waals surface area contributed by atoms with Gasteiger partial charge in [-0.1, -0.05) is 37.3 Å². The molecule has 1 aromatic carbocycles. The van der Waals surface area contributed by atoms with Crippen molar-refractivity contribution < 1.29 is 19.6 Å². The molecule has 102 valence electrons. The van der Waals surface area contributed by atoms with Gasteiger partial charge in [-0.25, -0.2) is 0 Å². The maximum absolute atomic E-state index is 11.7. The molecule has 6 nitrogen and oxygen atoms in total. The van der Waals surface area contributed by atoms with Gasteiger partial charge in [0.2, 0.25) is 6.54 Å². The van der Waals surface area contributed by atoms with E-state index < -0.39 is 35.1 Å². The molecule has 0 heterocycles. The van der Waals surface area contributed by atoms with Crippen molar-refractivity contribution >= 4 is 11.8 Å². The third-order valence-corrected chi connectivity index (χ3v) is 2.94. The molecule has 0 bridgehead atoms. The topological polar surface area (TPSA) is 97.5 Å². The highest BCUT2D eigenvalue weighted by Crippen LogP contribution is 2.27. The molecule has 6 heteroatoms. The minimum absolute atomic E-state index is 0.0397. The lowest BCUT2D eigenvalue weighted by atomic mass is 9.82. The maximum atomic E-state index is 11.7. The summed E-state index contributed by atoms with van der Waals surface area (Å²) in [4.78, 5) is 33.1. The van der Waals surface area contributed by atoms with E-state index >= 15 is 0 Å². The van der Waals surface area contributed by atoms with Crippen LogP contribution in [-0.4, -0.2) is 28.3 Å². The van der Waals surface area contributed by atoms with Crippen molar-refractivity contribution in [2.45, 2.75) is 19.3 Å². The van der Waals surface area contributed by atoms with E-state index in [4.69, 9.17) is 0 Å². The van der Waals surface area contributed by atoms with E-state index in [1.54, 1.807) is 37.3 Å². The Morgan fingerprint density at radius 1 is 1.32 bits per heavy atom. The Morgan fingerprint density at radius 3 is 2.32 bits per heavy atom. The molecule has 0 aliphatic rings. The number of carboxylic acid groups (broad SMARTS) is 1. The molecular formula is C13H15NO5. The van der Waals surface area contributed by atoms with Crippen LogP contribution in [0.15, 0.2) is 30.3 Å². The Morgan fingerprint density at radius 2 is 1.89 bits per heavy atom. The number of carbonyl (C=O) groups is 2. The maximum Gasteiger partial charge on any atom is 0.314 e. The Bertz CT molecular complexity index is 471. The number of Topliss-reactive ketones (excluding diaryl/α,β-unsaturated/α-hetero) is 1. The lowest BCUT2D eigenvalue weighted by Gasteiger charge is -2.19. The number of nitro groups is 1. The summed E-state index contributed by atoms with van der Waals surface area (Å²) in [5.74, 6) is -4.13. The van der Waals surface area contributed by atoms with Gasteiger partial charge >= 0.3 is 5.97 Å². The predicted octanol–water partition coefficient (Wildman–Crippen LogP) is 1.73. The molecule has 2 atom stereocenters. The summed E-state index contributed by atoms with van der Waals surface area (Å²) < 4.78 is 0. The molecule has 0 spiro atoms. The number of carbonyl (C=O) groups excluding carboxylic acids is 1. The second-order valence-corrected chi connectivity index (χ2v) is 4.17. The standard InChI is InChI=1S/C13H15NO5/c1-2-11(15)12(13(16)17)10(8-14(18)19)9-6-4-3-5-7-9/h3-7,10,12H,2,8H2,1H3,(H,16,17). The van der Waals surface area contributed by atoms with Gasteiger partial charge in [-0.2, -0.15) is 0 Å². The SMILES string of the molecule is CCC(=O)C(C(=O)O)C(C[N+](=O)[O-])c1ccccc1. The number of ketones is 1. The van der Waals surface area contributed by atoms with Crippen LogP contribution in [0.25, 0.3) is 0 Å². The fourth-order valence-electron chi connectivity index (χ4n) is 2.02. The van der Waals surface area contributed by atoms with E-state index in [0.717, 1.165) is 0 Å². The van der Waals surface area contributed by atoms with Gasteiger partial charge in [-0.15, -0.1) is 0 Å². The zero-order valence-electron chi connectivity index (χ0n) is 10.5. The quantitative estimate of drug-likeness (QED) is 0.460. The molecule has 0 aliphatic carbocycles. The van der Waals surface area contributed by atoms with E-state index in [1.807, 2.05) is 0 Å². The first-order valence-corrected chi connectivity index (χ1v) is 5.89. The average molecular weight is 265 g/mol. The highest BCUT2D eigenvalue weighted by atomic mass is 16.6. The molecule has 0 fully saturated rings. The molecule has 0 aromatic heterocycles. The number of aliphatic carboxylic acids is 1. The zero-order valence-corrected chi connectivity index (χ0v) is 10.5. The minimum Gasteiger partial charge on any atom is -0.481 e. The van der Waals surface area contributed by atoms with Crippen LogP contribution < -0.4 is 0 Å². The normalized spacial score (nSPS) is 13.5. The van der Waals surface area contributed by atoms with Crippen LogP contribution in [0.2, 0.25) is 0 Å². The first-order chi connectivity index (χ1) is 8.97. The number of hydrogen-bond donors (Lipinski definition) is 1. The number of rotatable bonds is 7. The molecule has 1 aromatic rings. The molecule has 1 N–H and O–H groups in total. The van der Waals surface area contributed by atoms with Crippen LogP contribution in [0, 0.1) is 16.0 Å². The lowest BCUT2D eigenvalue weighted by Crippen LogP contribution is -2.33. The van der Waals surface area contributed by atoms with Crippen LogP contribution in [0.3, 0.4) is 0 Å². The average Bonchev–Trinajstić information content (AvgIpc) is 2.37. The van der Waals surface area contributed by atoms with Crippen LogP contribution >= 0.6 is 0 Å². The van der Waals surface area contributed by atoms with Crippen molar-refractivity contribution in [2.24, 2.45) is 5.92 Å². The summed E-state index contributed by atoms with van der Waals surface area (Å²) in [5, 5.41) is 19.9. The van der Waals surface area contributed by atoms with Gasteiger partial charge in [0.25, 0.3) is 0 Å². The van der Waals surface area contributed by atoms with E-state index in [-0.39, 0.29) is 6.42 Å². The van der Waals surface area contributed by atoms with Gasteiger partial charge < -0.3 is 5.11 Å². The number of nitrogens with zero attached hydrogens (tertiary/aromatic N) is 1. The number of carboxylic acids is 1.